The van der Waals surface area contributed by atoms with E-state index in [9.17, 15) is 0 Å². The van der Waals surface area contributed by atoms with Gasteiger partial charge in [0.2, 0.25) is 0 Å². The fourth-order valence-electron chi connectivity index (χ4n) is 2.21. The van der Waals surface area contributed by atoms with Crippen LogP contribution in [0.25, 0.3) is 0 Å². The average molecular weight is 251 g/mol. The van der Waals surface area contributed by atoms with Gasteiger partial charge in [-0.25, -0.2) is 10.8 Å². The standard InChI is InChI=1S/C12H21N5O/c1-2-18-11-3-5-17(6-4-11)9-10-7-15-12(16-13)8-14-10/h7-8,11H,2-6,9,13H2,1H3,(H,15,16). The molecule has 1 aromatic heterocycles. The lowest BCUT2D eigenvalue weighted by Crippen LogP contribution is -2.36. The summed E-state index contributed by atoms with van der Waals surface area (Å²) in [4.78, 5) is 10.9. The maximum atomic E-state index is 5.63. The highest BCUT2D eigenvalue weighted by molar-refractivity contribution is 5.28. The number of hydrogen-bond acceptors (Lipinski definition) is 6. The minimum absolute atomic E-state index is 0.432. The van der Waals surface area contributed by atoms with Gasteiger partial charge >= 0.3 is 0 Å². The predicted molar refractivity (Wildman–Crippen MR) is 69.8 cm³/mol. The molecule has 2 heterocycles. The quantitative estimate of drug-likeness (QED) is 0.594. The van der Waals surface area contributed by atoms with E-state index in [0.717, 1.165) is 44.8 Å². The minimum atomic E-state index is 0.432. The maximum Gasteiger partial charge on any atom is 0.158 e. The van der Waals surface area contributed by atoms with E-state index in [1.165, 1.54) is 0 Å². The zero-order valence-corrected chi connectivity index (χ0v) is 10.8. The molecule has 1 fully saturated rings. The number of nitrogens with one attached hydrogen (secondary N) is 1. The first-order valence-corrected chi connectivity index (χ1v) is 6.43. The van der Waals surface area contributed by atoms with Crippen molar-refractivity contribution in [3.63, 3.8) is 0 Å². The van der Waals surface area contributed by atoms with Gasteiger partial charge in [-0.05, 0) is 19.8 Å². The molecule has 0 unspecified atom stereocenters. The molecule has 0 amide bonds. The molecule has 0 spiro atoms. The number of rotatable bonds is 5. The van der Waals surface area contributed by atoms with Crippen LogP contribution in [0.4, 0.5) is 5.82 Å². The average Bonchev–Trinajstić information content (AvgIpc) is 2.42. The molecule has 0 aliphatic carbocycles. The van der Waals surface area contributed by atoms with Crippen molar-refractivity contribution in [2.45, 2.75) is 32.4 Å². The van der Waals surface area contributed by atoms with Gasteiger partial charge < -0.3 is 10.2 Å². The van der Waals surface area contributed by atoms with Crippen molar-refractivity contribution < 1.29 is 4.74 Å². The van der Waals surface area contributed by atoms with Crippen LogP contribution in [0.3, 0.4) is 0 Å². The number of anilines is 1. The van der Waals surface area contributed by atoms with Crippen LogP contribution in [0.5, 0.6) is 0 Å². The summed E-state index contributed by atoms with van der Waals surface area (Å²) in [5.74, 6) is 5.84. The maximum absolute atomic E-state index is 5.63. The molecule has 1 saturated heterocycles. The molecule has 0 bridgehead atoms. The summed E-state index contributed by atoms with van der Waals surface area (Å²) in [5.41, 5.74) is 3.45. The Morgan fingerprint density at radius 2 is 2.17 bits per heavy atom. The predicted octanol–water partition coefficient (Wildman–Crippen LogP) is 0.763. The van der Waals surface area contributed by atoms with E-state index in [0.29, 0.717) is 11.9 Å². The second-order valence-electron chi connectivity index (χ2n) is 4.47. The van der Waals surface area contributed by atoms with Crippen LogP contribution in [0.15, 0.2) is 12.4 Å². The lowest BCUT2D eigenvalue weighted by molar-refractivity contribution is 0.0122. The van der Waals surface area contributed by atoms with Crippen LogP contribution < -0.4 is 11.3 Å². The van der Waals surface area contributed by atoms with Crippen LogP contribution in [-0.2, 0) is 11.3 Å². The molecule has 18 heavy (non-hydrogen) atoms. The van der Waals surface area contributed by atoms with E-state index in [1.807, 2.05) is 0 Å². The van der Waals surface area contributed by atoms with Gasteiger partial charge in [0.15, 0.2) is 5.82 Å². The van der Waals surface area contributed by atoms with E-state index in [1.54, 1.807) is 12.4 Å². The molecule has 6 nitrogen and oxygen atoms in total. The van der Waals surface area contributed by atoms with E-state index in [-0.39, 0.29) is 0 Å². The van der Waals surface area contributed by atoms with Gasteiger partial charge in [-0.15, -0.1) is 0 Å². The Bertz CT molecular complexity index is 348. The first-order chi connectivity index (χ1) is 8.81. The van der Waals surface area contributed by atoms with Crippen molar-refractivity contribution in [1.29, 1.82) is 0 Å². The molecule has 0 atom stereocenters. The first-order valence-electron chi connectivity index (χ1n) is 6.43. The zero-order valence-electron chi connectivity index (χ0n) is 10.8. The molecule has 100 valence electrons. The van der Waals surface area contributed by atoms with E-state index < -0.39 is 0 Å². The third-order valence-corrected chi connectivity index (χ3v) is 3.18. The molecular weight excluding hydrogens is 230 g/mol. The smallest absolute Gasteiger partial charge is 0.158 e. The second kappa shape index (κ2) is 6.63. The third kappa shape index (κ3) is 3.63. The van der Waals surface area contributed by atoms with Gasteiger partial charge in [0.05, 0.1) is 24.2 Å². The lowest BCUT2D eigenvalue weighted by Gasteiger charge is -2.31. The molecule has 0 saturated carbocycles. The number of hydrazine groups is 1. The lowest BCUT2D eigenvalue weighted by atomic mass is 10.1. The fraction of sp³-hybridized carbons (Fsp3) is 0.667. The SMILES string of the molecule is CCOC1CCN(Cc2cnc(NN)cn2)CC1. The largest absolute Gasteiger partial charge is 0.378 e. The Morgan fingerprint density at radius 3 is 2.72 bits per heavy atom. The molecule has 0 aromatic carbocycles. The van der Waals surface area contributed by atoms with Crippen molar-refractivity contribution in [2.75, 3.05) is 25.1 Å². The first kappa shape index (κ1) is 13.2. The van der Waals surface area contributed by atoms with E-state index >= 15 is 0 Å². The summed E-state index contributed by atoms with van der Waals surface area (Å²) in [6.07, 6.45) is 6.06. The number of nitrogen functional groups attached to an aromatic ring is 1. The normalized spacial score (nSPS) is 17.9. The summed E-state index contributed by atoms with van der Waals surface area (Å²) >= 11 is 0. The second-order valence-corrected chi connectivity index (χ2v) is 4.47. The Hall–Kier alpha value is -1.24. The molecule has 1 aliphatic heterocycles. The molecule has 3 N–H and O–H groups in total. The summed E-state index contributed by atoms with van der Waals surface area (Å²) in [6, 6.07) is 0. The fourth-order valence-corrected chi connectivity index (χ4v) is 2.21. The highest BCUT2D eigenvalue weighted by Gasteiger charge is 2.19. The van der Waals surface area contributed by atoms with E-state index in [4.69, 9.17) is 10.6 Å². The van der Waals surface area contributed by atoms with Crippen molar-refractivity contribution in [1.82, 2.24) is 14.9 Å². The Kier molecular flexibility index (Phi) is 4.86. The topological polar surface area (TPSA) is 76.3 Å². The van der Waals surface area contributed by atoms with Crippen molar-refractivity contribution in [2.24, 2.45) is 5.84 Å². The molecule has 1 aromatic rings. The van der Waals surface area contributed by atoms with Gasteiger partial charge in [0, 0.05) is 26.2 Å². The van der Waals surface area contributed by atoms with Gasteiger partial charge in [-0.2, -0.15) is 0 Å². The number of likely N-dealkylation sites (tertiary alicyclic amines) is 1. The summed E-state index contributed by atoms with van der Waals surface area (Å²) in [7, 11) is 0. The van der Waals surface area contributed by atoms with Crippen LogP contribution in [0.2, 0.25) is 0 Å². The number of aromatic nitrogens is 2. The highest BCUT2D eigenvalue weighted by Crippen LogP contribution is 2.15. The number of hydrogen-bond donors (Lipinski definition) is 2. The van der Waals surface area contributed by atoms with Crippen LogP contribution in [0.1, 0.15) is 25.5 Å². The Morgan fingerprint density at radius 1 is 1.39 bits per heavy atom. The Labute approximate surface area is 108 Å². The highest BCUT2D eigenvalue weighted by atomic mass is 16.5. The van der Waals surface area contributed by atoms with Crippen molar-refractivity contribution >= 4 is 5.82 Å². The van der Waals surface area contributed by atoms with Crippen molar-refractivity contribution in [3.8, 4) is 0 Å². The molecule has 1 aliphatic rings. The number of ether oxygens (including phenoxy) is 1. The molecule has 0 radical (unpaired) electrons. The van der Waals surface area contributed by atoms with Crippen LogP contribution in [-0.4, -0.2) is 40.7 Å². The molecule has 6 heteroatoms. The van der Waals surface area contributed by atoms with Crippen LogP contribution >= 0.6 is 0 Å². The number of nitrogens with zero attached hydrogens (tertiary/aromatic N) is 3. The summed E-state index contributed by atoms with van der Waals surface area (Å²) < 4.78 is 5.63. The number of nitrogens with two attached hydrogens (primary N) is 1. The van der Waals surface area contributed by atoms with Gasteiger partial charge in [-0.1, -0.05) is 0 Å². The minimum Gasteiger partial charge on any atom is -0.378 e. The van der Waals surface area contributed by atoms with E-state index in [2.05, 4.69) is 27.2 Å². The van der Waals surface area contributed by atoms with Crippen LogP contribution in [0, 0.1) is 0 Å². The van der Waals surface area contributed by atoms with Gasteiger partial charge in [-0.3, -0.25) is 9.88 Å². The Balaban J connectivity index is 1.80. The summed E-state index contributed by atoms with van der Waals surface area (Å²) in [6.45, 7) is 5.82. The number of piperidine rings is 1. The monoisotopic (exact) mass is 251 g/mol. The third-order valence-electron chi connectivity index (χ3n) is 3.18. The molecular formula is C12H21N5O. The zero-order chi connectivity index (χ0) is 12.8. The van der Waals surface area contributed by atoms with Gasteiger partial charge in [0.1, 0.15) is 0 Å². The summed E-state index contributed by atoms with van der Waals surface area (Å²) in [5, 5.41) is 0. The molecule has 2 rings (SSSR count). The van der Waals surface area contributed by atoms with Gasteiger partial charge in [0.25, 0.3) is 0 Å². The van der Waals surface area contributed by atoms with Crippen molar-refractivity contribution in [3.05, 3.63) is 18.1 Å².